The Bertz CT molecular complexity index is 433. The largest absolute Gasteiger partial charge is 0.465 e. The lowest BCUT2D eigenvalue weighted by Crippen LogP contribution is -2.32. The van der Waals surface area contributed by atoms with Gasteiger partial charge in [0.1, 0.15) is 0 Å². The second kappa shape index (κ2) is 6.87. The molecule has 5 nitrogen and oxygen atoms in total. The molecule has 5 heteroatoms. The zero-order valence-electron chi connectivity index (χ0n) is 12.6. The fourth-order valence-corrected chi connectivity index (χ4v) is 2.62. The van der Waals surface area contributed by atoms with E-state index in [0.29, 0.717) is 19.6 Å². The average molecular weight is 293 g/mol. The van der Waals surface area contributed by atoms with Crippen molar-refractivity contribution >= 4 is 17.8 Å². The molecule has 0 aromatic carbocycles. The summed E-state index contributed by atoms with van der Waals surface area (Å²) in [5, 5.41) is 0. The first-order valence-corrected chi connectivity index (χ1v) is 7.69. The Morgan fingerprint density at radius 2 is 1.86 bits per heavy atom. The van der Waals surface area contributed by atoms with E-state index in [4.69, 9.17) is 4.74 Å². The molecule has 0 unspecified atom stereocenters. The molecular formula is C16H23NO4. The Morgan fingerprint density at radius 1 is 1.19 bits per heavy atom. The van der Waals surface area contributed by atoms with Gasteiger partial charge in [-0.3, -0.25) is 19.3 Å². The lowest BCUT2D eigenvalue weighted by Gasteiger charge is -2.37. The number of carbonyl (C=O) groups excluding carboxylic acids is 3. The molecule has 2 amide bonds. The predicted molar refractivity (Wildman–Crippen MR) is 77.2 cm³/mol. The smallest absolute Gasteiger partial charge is 0.305 e. The third-order valence-electron chi connectivity index (χ3n) is 4.31. The Labute approximate surface area is 125 Å². The van der Waals surface area contributed by atoms with Crippen molar-refractivity contribution in [2.75, 3.05) is 13.2 Å². The average Bonchev–Trinajstić information content (AvgIpc) is 2.74. The van der Waals surface area contributed by atoms with Crippen molar-refractivity contribution in [3.63, 3.8) is 0 Å². The second-order valence-electron chi connectivity index (χ2n) is 6.30. The predicted octanol–water partition coefficient (Wildman–Crippen LogP) is 2.21. The van der Waals surface area contributed by atoms with Gasteiger partial charge in [0.2, 0.25) is 0 Å². The number of carbonyl (C=O) groups is 3. The summed E-state index contributed by atoms with van der Waals surface area (Å²) in [6.07, 6.45) is 8.79. The molecule has 21 heavy (non-hydrogen) atoms. The summed E-state index contributed by atoms with van der Waals surface area (Å²) in [6.45, 7) is 3.12. The first kappa shape index (κ1) is 15.7. The highest BCUT2D eigenvalue weighted by Crippen LogP contribution is 2.40. The van der Waals surface area contributed by atoms with Gasteiger partial charge in [0.05, 0.1) is 6.61 Å². The maximum atomic E-state index is 11.6. The van der Waals surface area contributed by atoms with Crippen LogP contribution in [0.3, 0.4) is 0 Å². The maximum Gasteiger partial charge on any atom is 0.305 e. The van der Waals surface area contributed by atoms with Crippen LogP contribution >= 0.6 is 0 Å². The minimum atomic E-state index is -0.242. The third-order valence-corrected chi connectivity index (χ3v) is 4.31. The standard InChI is InChI=1S/C16H23NO4/c1-16(9-5-10-16)12-21-15(20)6-3-2-4-11-17-13(18)7-8-14(17)19/h7-8H,2-6,9-12H2,1H3. The summed E-state index contributed by atoms with van der Waals surface area (Å²) in [7, 11) is 0. The lowest BCUT2D eigenvalue weighted by molar-refractivity contribution is -0.149. The van der Waals surface area contributed by atoms with Crippen LogP contribution in [-0.4, -0.2) is 35.8 Å². The fourth-order valence-electron chi connectivity index (χ4n) is 2.62. The number of hydrogen-bond acceptors (Lipinski definition) is 4. The van der Waals surface area contributed by atoms with E-state index in [-0.39, 0.29) is 23.2 Å². The van der Waals surface area contributed by atoms with E-state index in [1.165, 1.54) is 23.5 Å². The van der Waals surface area contributed by atoms with Gasteiger partial charge in [-0.15, -0.1) is 0 Å². The molecule has 0 bridgehead atoms. The van der Waals surface area contributed by atoms with Crippen molar-refractivity contribution < 1.29 is 19.1 Å². The van der Waals surface area contributed by atoms with Crippen LogP contribution < -0.4 is 0 Å². The first-order chi connectivity index (χ1) is 10.0. The zero-order valence-corrected chi connectivity index (χ0v) is 12.6. The fraction of sp³-hybridized carbons (Fsp3) is 0.688. The van der Waals surface area contributed by atoms with Crippen molar-refractivity contribution in [2.24, 2.45) is 5.41 Å². The molecule has 1 aliphatic heterocycles. The molecule has 1 aliphatic carbocycles. The number of hydrogen-bond donors (Lipinski definition) is 0. The molecule has 0 saturated heterocycles. The lowest BCUT2D eigenvalue weighted by atomic mass is 9.71. The molecule has 0 radical (unpaired) electrons. The van der Waals surface area contributed by atoms with Crippen molar-refractivity contribution in [1.82, 2.24) is 4.90 Å². The van der Waals surface area contributed by atoms with Gasteiger partial charge in [0.15, 0.2) is 0 Å². The molecule has 1 saturated carbocycles. The number of rotatable bonds is 8. The molecule has 1 heterocycles. The van der Waals surface area contributed by atoms with Crippen LogP contribution in [-0.2, 0) is 19.1 Å². The molecule has 0 N–H and O–H groups in total. The highest BCUT2D eigenvalue weighted by atomic mass is 16.5. The molecule has 0 atom stereocenters. The number of esters is 1. The van der Waals surface area contributed by atoms with Gasteiger partial charge >= 0.3 is 5.97 Å². The minimum Gasteiger partial charge on any atom is -0.465 e. The quantitative estimate of drug-likeness (QED) is 0.391. The van der Waals surface area contributed by atoms with Gasteiger partial charge in [-0.05, 0) is 25.7 Å². The number of imide groups is 1. The molecule has 2 rings (SSSR count). The SMILES string of the molecule is CC1(COC(=O)CCCCCN2C(=O)C=CC2=O)CCC1. The van der Waals surface area contributed by atoms with E-state index < -0.39 is 0 Å². The normalized spacial score (nSPS) is 19.8. The molecular weight excluding hydrogens is 270 g/mol. The zero-order chi connectivity index (χ0) is 15.3. The topological polar surface area (TPSA) is 63.7 Å². The van der Waals surface area contributed by atoms with E-state index >= 15 is 0 Å². The second-order valence-corrected chi connectivity index (χ2v) is 6.30. The van der Waals surface area contributed by atoms with Crippen LogP contribution in [0.25, 0.3) is 0 Å². The van der Waals surface area contributed by atoms with E-state index in [1.807, 2.05) is 0 Å². The summed E-state index contributed by atoms with van der Waals surface area (Å²) in [5.41, 5.74) is 0.207. The Balaban J connectivity index is 1.50. The van der Waals surface area contributed by atoms with E-state index in [1.54, 1.807) is 0 Å². The summed E-state index contributed by atoms with van der Waals surface area (Å²) in [5.74, 6) is -0.626. The van der Waals surface area contributed by atoms with Crippen LogP contribution in [0.15, 0.2) is 12.2 Å². The van der Waals surface area contributed by atoms with Gasteiger partial charge in [0, 0.05) is 30.5 Å². The minimum absolute atomic E-state index is 0.141. The van der Waals surface area contributed by atoms with E-state index in [9.17, 15) is 14.4 Å². The molecule has 116 valence electrons. The molecule has 0 aromatic rings. The monoisotopic (exact) mass is 293 g/mol. The Kier molecular flexibility index (Phi) is 5.15. The van der Waals surface area contributed by atoms with Gasteiger partial charge in [-0.25, -0.2) is 0 Å². The van der Waals surface area contributed by atoms with Gasteiger partial charge < -0.3 is 4.74 Å². The highest BCUT2D eigenvalue weighted by Gasteiger charge is 2.33. The third kappa shape index (κ3) is 4.41. The van der Waals surface area contributed by atoms with Crippen molar-refractivity contribution in [3.05, 3.63) is 12.2 Å². The Morgan fingerprint density at radius 3 is 2.43 bits per heavy atom. The maximum absolute atomic E-state index is 11.6. The van der Waals surface area contributed by atoms with Gasteiger partial charge in [0.25, 0.3) is 11.8 Å². The first-order valence-electron chi connectivity index (χ1n) is 7.69. The number of amides is 2. The van der Waals surface area contributed by atoms with Crippen LogP contribution in [0.4, 0.5) is 0 Å². The number of unbranched alkanes of at least 4 members (excludes halogenated alkanes) is 2. The Hall–Kier alpha value is -1.65. The van der Waals surface area contributed by atoms with Crippen LogP contribution in [0.2, 0.25) is 0 Å². The van der Waals surface area contributed by atoms with Gasteiger partial charge in [-0.1, -0.05) is 19.8 Å². The van der Waals surface area contributed by atoms with E-state index in [2.05, 4.69) is 6.92 Å². The summed E-state index contributed by atoms with van der Waals surface area (Å²) < 4.78 is 5.30. The number of ether oxygens (including phenoxy) is 1. The van der Waals surface area contributed by atoms with Gasteiger partial charge in [-0.2, -0.15) is 0 Å². The number of nitrogens with zero attached hydrogens (tertiary/aromatic N) is 1. The molecule has 1 fully saturated rings. The van der Waals surface area contributed by atoms with Crippen LogP contribution in [0, 0.1) is 5.41 Å². The van der Waals surface area contributed by atoms with E-state index in [0.717, 1.165) is 32.1 Å². The molecule has 0 aromatic heterocycles. The van der Waals surface area contributed by atoms with Crippen LogP contribution in [0.5, 0.6) is 0 Å². The summed E-state index contributed by atoms with van der Waals surface area (Å²) >= 11 is 0. The summed E-state index contributed by atoms with van der Waals surface area (Å²) in [4.78, 5) is 35.5. The summed E-state index contributed by atoms with van der Waals surface area (Å²) in [6, 6.07) is 0. The van der Waals surface area contributed by atoms with Crippen molar-refractivity contribution in [2.45, 2.75) is 51.9 Å². The molecule has 2 aliphatic rings. The van der Waals surface area contributed by atoms with Crippen molar-refractivity contribution in [1.29, 1.82) is 0 Å². The van der Waals surface area contributed by atoms with Crippen LogP contribution in [0.1, 0.15) is 51.9 Å². The van der Waals surface area contributed by atoms with Crippen molar-refractivity contribution in [3.8, 4) is 0 Å². The molecule has 0 spiro atoms. The highest BCUT2D eigenvalue weighted by molar-refractivity contribution is 6.12.